The molecule has 27 heavy (non-hydrogen) atoms. The van der Waals surface area contributed by atoms with Gasteiger partial charge in [0.1, 0.15) is 17.6 Å². The Hall–Kier alpha value is -2.30. The van der Waals surface area contributed by atoms with Gasteiger partial charge in [0.15, 0.2) is 5.58 Å². The molecule has 1 aliphatic heterocycles. The number of aromatic nitrogens is 3. The largest absolute Gasteiger partial charge is 0.422 e. The van der Waals surface area contributed by atoms with Crippen LogP contribution in [-0.2, 0) is 20.5 Å². The van der Waals surface area contributed by atoms with Crippen molar-refractivity contribution in [1.82, 2.24) is 19.7 Å². The Kier molecular flexibility index (Phi) is 4.70. The molecular weight excluding hydrogens is 372 g/mol. The van der Waals surface area contributed by atoms with Crippen molar-refractivity contribution < 1.29 is 22.1 Å². The molecule has 1 saturated heterocycles. The minimum atomic E-state index is -3.61. The van der Waals surface area contributed by atoms with Crippen LogP contribution >= 0.6 is 0 Å². The van der Waals surface area contributed by atoms with Gasteiger partial charge in [-0.2, -0.15) is 4.31 Å². The molecular formula is C17H20N4O5S. The van der Waals surface area contributed by atoms with E-state index in [-0.39, 0.29) is 31.4 Å². The summed E-state index contributed by atoms with van der Waals surface area (Å²) in [7, 11) is -3.61. The third-order valence-corrected chi connectivity index (χ3v) is 6.18. The Morgan fingerprint density at radius 2 is 2.07 bits per heavy atom. The first-order valence-electron chi connectivity index (χ1n) is 8.70. The normalized spacial score (nSPS) is 19.1. The molecule has 1 atom stereocenters. The molecule has 1 aliphatic rings. The van der Waals surface area contributed by atoms with E-state index in [2.05, 4.69) is 15.4 Å². The van der Waals surface area contributed by atoms with E-state index in [9.17, 15) is 8.42 Å². The Morgan fingerprint density at radius 3 is 2.85 bits per heavy atom. The van der Waals surface area contributed by atoms with E-state index in [1.54, 1.807) is 12.1 Å². The van der Waals surface area contributed by atoms with Crippen molar-refractivity contribution in [3.8, 4) is 0 Å². The van der Waals surface area contributed by atoms with Crippen molar-refractivity contribution in [3.63, 3.8) is 0 Å². The fourth-order valence-electron chi connectivity index (χ4n) is 2.94. The Morgan fingerprint density at radius 1 is 1.26 bits per heavy atom. The molecule has 0 amide bonds. The molecule has 10 heteroatoms. The van der Waals surface area contributed by atoms with Gasteiger partial charge in [-0.25, -0.2) is 8.42 Å². The standard InChI is InChI=1S/C17H20N4O5S/c1-11(2)16-18-19-17(25-16)15-9-21(7-8-24-15)27(22,23)10-13-12-5-3-4-6-14(12)26-20-13/h3-6,11,15H,7-10H2,1-2H3. The van der Waals surface area contributed by atoms with Gasteiger partial charge in [0.25, 0.3) is 0 Å². The Labute approximate surface area is 156 Å². The van der Waals surface area contributed by atoms with Crippen LogP contribution in [0.3, 0.4) is 0 Å². The molecule has 0 N–H and O–H groups in total. The fraction of sp³-hybridized carbons (Fsp3) is 0.471. The SMILES string of the molecule is CC(C)c1nnc(C2CN(S(=O)(=O)Cc3noc4ccccc34)CCO2)o1. The minimum Gasteiger partial charge on any atom is -0.422 e. The molecule has 9 nitrogen and oxygen atoms in total. The highest BCUT2D eigenvalue weighted by atomic mass is 32.2. The maximum Gasteiger partial charge on any atom is 0.246 e. The molecule has 2 aromatic heterocycles. The average molecular weight is 392 g/mol. The molecule has 0 saturated carbocycles. The van der Waals surface area contributed by atoms with Crippen LogP contribution in [0, 0.1) is 0 Å². The number of nitrogens with zero attached hydrogens (tertiary/aromatic N) is 4. The quantitative estimate of drug-likeness (QED) is 0.650. The van der Waals surface area contributed by atoms with E-state index >= 15 is 0 Å². The number of rotatable bonds is 5. The van der Waals surface area contributed by atoms with Crippen LogP contribution < -0.4 is 0 Å². The number of hydrogen-bond donors (Lipinski definition) is 0. The summed E-state index contributed by atoms with van der Waals surface area (Å²) in [6.07, 6.45) is -0.581. The number of para-hydroxylation sites is 1. The van der Waals surface area contributed by atoms with Crippen LogP contribution in [0.2, 0.25) is 0 Å². The van der Waals surface area contributed by atoms with Crippen molar-refractivity contribution in [3.05, 3.63) is 41.7 Å². The molecule has 0 aliphatic carbocycles. The number of fused-ring (bicyclic) bond motifs is 1. The van der Waals surface area contributed by atoms with Gasteiger partial charge in [0.2, 0.25) is 21.8 Å². The van der Waals surface area contributed by atoms with Gasteiger partial charge in [-0.05, 0) is 12.1 Å². The third kappa shape index (κ3) is 3.60. The lowest BCUT2D eigenvalue weighted by atomic mass is 10.2. The summed E-state index contributed by atoms with van der Waals surface area (Å²) < 4.78 is 43.7. The Balaban J connectivity index is 1.52. The first-order chi connectivity index (χ1) is 12.9. The molecule has 3 aromatic rings. The van der Waals surface area contributed by atoms with E-state index in [0.717, 1.165) is 0 Å². The molecule has 0 bridgehead atoms. The predicted molar refractivity (Wildman–Crippen MR) is 95.3 cm³/mol. The van der Waals surface area contributed by atoms with Gasteiger partial charge < -0.3 is 13.7 Å². The second-order valence-electron chi connectivity index (χ2n) is 6.73. The average Bonchev–Trinajstić information content (AvgIpc) is 3.30. The molecule has 3 heterocycles. The maximum atomic E-state index is 12.9. The fourth-order valence-corrected chi connectivity index (χ4v) is 4.40. The first-order valence-corrected chi connectivity index (χ1v) is 10.3. The number of benzene rings is 1. The molecule has 144 valence electrons. The van der Waals surface area contributed by atoms with E-state index in [0.29, 0.717) is 28.4 Å². The lowest BCUT2D eigenvalue weighted by molar-refractivity contribution is -0.0179. The van der Waals surface area contributed by atoms with Crippen molar-refractivity contribution in [1.29, 1.82) is 0 Å². The number of hydrogen-bond acceptors (Lipinski definition) is 8. The van der Waals surface area contributed by atoms with Gasteiger partial charge in [-0.1, -0.05) is 31.1 Å². The van der Waals surface area contributed by atoms with Crippen molar-refractivity contribution >= 4 is 21.0 Å². The highest BCUT2D eigenvalue weighted by Gasteiger charge is 2.34. The summed E-state index contributed by atoms with van der Waals surface area (Å²) in [6.45, 7) is 4.52. The topological polar surface area (TPSA) is 112 Å². The van der Waals surface area contributed by atoms with Gasteiger partial charge in [0, 0.05) is 24.4 Å². The maximum absolute atomic E-state index is 12.9. The van der Waals surface area contributed by atoms with E-state index in [1.807, 2.05) is 26.0 Å². The number of sulfonamides is 1. The highest BCUT2D eigenvalue weighted by Crippen LogP contribution is 2.27. The second-order valence-corrected chi connectivity index (χ2v) is 8.70. The third-order valence-electron chi connectivity index (χ3n) is 4.42. The van der Waals surface area contributed by atoms with E-state index < -0.39 is 16.1 Å². The summed E-state index contributed by atoms with van der Waals surface area (Å²) in [6, 6.07) is 7.19. The van der Waals surface area contributed by atoms with E-state index in [4.69, 9.17) is 13.7 Å². The summed E-state index contributed by atoms with van der Waals surface area (Å²) in [5.41, 5.74) is 0.961. The number of ether oxygens (including phenoxy) is 1. The minimum absolute atomic E-state index is 0.0927. The molecule has 0 spiro atoms. The summed E-state index contributed by atoms with van der Waals surface area (Å²) in [5.74, 6) is 0.654. The highest BCUT2D eigenvalue weighted by molar-refractivity contribution is 7.88. The van der Waals surface area contributed by atoms with E-state index in [1.165, 1.54) is 4.31 Å². The molecule has 1 fully saturated rings. The van der Waals surface area contributed by atoms with Crippen LogP contribution in [0.1, 0.15) is 43.3 Å². The van der Waals surface area contributed by atoms with Crippen molar-refractivity contribution in [2.45, 2.75) is 31.6 Å². The van der Waals surface area contributed by atoms with Crippen LogP contribution in [0.5, 0.6) is 0 Å². The zero-order chi connectivity index (χ0) is 19.0. The van der Waals surface area contributed by atoms with Crippen LogP contribution in [0.15, 0.2) is 33.2 Å². The molecule has 1 unspecified atom stereocenters. The van der Waals surface area contributed by atoms with Crippen LogP contribution in [0.4, 0.5) is 0 Å². The van der Waals surface area contributed by atoms with Gasteiger partial charge in [-0.15, -0.1) is 10.2 Å². The summed E-state index contributed by atoms with van der Waals surface area (Å²) >= 11 is 0. The second kappa shape index (κ2) is 7.02. The lowest BCUT2D eigenvalue weighted by Gasteiger charge is -2.30. The molecule has 1 aromatic carbocycles. The van der Waals surface area contributed by atoms with Crippen molar-refractivity contribution in [2.75, 3.05) is 19.7 Å². The van der Waals surface area contributed by atoms with Crippen LogP contribution in [-0.4, -0.2) is 47.8 Å². The summed E-state index contributed by atoms with van der Waals surface area (Å²) in [5, 5.41) is 12.6. The first kappa shape index (κ1) is 18.1. The monoisotopic (exact) mass is 392 g/mol. The summed E-state index contributed by atoms with van der Waals surface area (Å²) in [4.78, 5) is 0. The number of morpholine rings is 1. The van der Waals surface area contributed by atoms with Gasteiger partial charge >= 0.3 is 0 Å². The zero-order valence-corrected chi connectivity index (χ0v) is 15.8. The zero-order valence-electron chi connectivity index (χ0n) is 15.0. The van der Waals surface area contributed by atoms with Crippen LogP contribution in [0.25, 0.3) is 11.0 Å². The predicted octanol–water partition coefficient (Wildman–Crippen LogP) is 2.24. The van der Waals surface area contributed by atoms with Gasteiger partial charge in [0.05, 0.1) is 6.61 Å². The molecule has 4 rings (SSSR count). The van der Waals surface area contributed by atoms with Gasteiger partial charge in [-0.3, -0.25) is 0 Å². The van der Waals surface area contributed by atoms with Crippen molar-refractivity contribution in [2.24, 2.45) is 0 Å². The Bertz CT molecular complexity index is 1040. The lowest BCUT2D eigenvalue weighted by Crippen LogP contribution is -2.42. The smallest absolute Gasteiger partial charge is 0.246 e. The molecule has 0 radical (unpaired) electrons.